The van der Waals surface area contributed by atoms with Crippen LogP contribution < -0.4 is 19.9 Å². The number of hydrogen-bond donors (Lipinski definition) is 1. The molecule has 0 aliphatic carbocycles. The van der Waals surface area contributed by atoms with Crippen LogP contribution in [0.4, 0.5) is 13.2 Å². The molecule has 0 bridgehead atoms. The van der Waals surface area contributed by atoms with Crippen LogP contribution in [-0.2, 0) is 0 Å². The molecule has 0 aromatic heterocycles. The second-order valence-electron chi connectivity index (χ2n) is 4.57. The Morgan fingerprint density at radius 1 is 0.958 bits per heavy atom. The first-order valence-electron chi connectivity index (χ1n) is 6.80. The van der Waals surface area contributed by atoms with Gasteiger partial charge < -0.3 is 19.9 Å². The summed E-state index contributed by atoms with van der Waals surface area (Å²) >= 11 is 0. The van der Waals surface area contributed by atoms with Gasteiger partial charge in [0.1, 0.15) is 12.4 Å². The summed E-state index contributed by atoms with van der Waals surface area (Å²) in [6.45, 7) is 0.262. The number of nitrogens with two attached hydrogens (primary N) is 1. The summed E-state index contributed by atoms with van der Waals surface area (Å²) in [5.74, 6) is 0.273. The van der Waals surface area contributed by atoms with Crippen LogP contribution in [0.2, 0.25) is 0 Å². The summed E-state index contributed by atoms with van der Waals surface area (Å²) < 4.78 is 51.6. The van der Waals surface area contributed by atoms with Crippen molar-refractivity contribution >= 4 is 12.4 Å². The summed E-state index contributed by atoms with van der Waals surface area (Å²) in [6, 6.07) is 11.3. The van der Waals surface area contributed by atoms with E-state index in [0.717, 1.165) is 5.56 Å². The zero-order chi connectivity index (χ0) is 16.9. The van der Waals surface area contributed by atoms with Gasteiger partial charge in [-0.05, 0) is 35.4 Å². The van der Waals surface area contributed by atoms with E-state index in [4.69, 9.17) is 15.2 Å². The van der Waals surface area contributed by atoms with E-state index in [0.29, 0.717) is 11.3 Å². The van der Waals surface area contributed by atoms with Crippen molar-refractivity contribution in [2.45, 2.75) is 6.36 Å². The highest BCUT2D eigenvalue weighted by Gasteiger charge is 2.32. The van der Waals surface area contributed by atoms with Crippen molar-refractivity contribution in [1.82, 2.24) is 0 Å². The Morgan fingerprint density at radius 2 is 1.58 bits per heavy atom. The predicted octanol–water partition coefficient (Wildman–Crippen LogP) is 4.02. The molecule has 0 saturated heterocycles. The summed E-state index contributed by atoms with van der Waals surface area (Å²) in [7, 11) is 1.55. The van der Waals surface area contributed by atoms with Crippen LogP contribution >= 0.6 is 12.4 Å². The second-order valence-corrected chi connectivity index (χ2v) is 4.57. The van der Waals surface area contributed by atoms with Gasteiger partial charge in [-0.1, -0.05) is 18.2 Å². The molecule has 0 spiro atoms. The lowest BCUT2D eigenvalue weighted by atomic mass is 10.1. The van der Waals surface area contributed by atoms with Crippen LogP contribution in [0.1, 0.15) is 0 Å². The van der Waals surface area contributed by atoms with Crippen LogP contribution in [0, 0.1) is 0 Å². The molecule has 24 heavy (non-hydrogen) atoms. The van der Waals surface area contributed by atoms with E-state index in [9.17, 15) is 13.2 Å². The maximum absolute atomic E-state index is 12.4. The number of ether oxygens (including phenoxy) is 3. The minimum absolute atomic E-state index is 0. The lowest BCUT2D eigenvalue weighted by molar-refractivity contribution is -0.275. The molecule has 0 aliphatic rings. The zero-order valence-electron chi connectivity index (χ0n) is 12.8. The van der Waals surface area contributed by atoms with Gasteiger partial charge in [0.25, 0.3) is 0 Å². The van der Waals surface area contributed by atoms with Crippen molar-refractivity contribution in [1.29, 1.82) is 0 Å². The molecule has 0 fully saturated rings. The molecule has 0 saturated carbocycles. The minimum Gasteiger partial charge on any atom is -0.497 e. The molecule has 2 aromatic rings. The first-order chi connectivity index (χ1) is 10.9. The topological polar surface area (TPSA) is 53.7 Å². The average Bonchev–Trinajstić information content (AvgIpc) is 2.52. The second kappa shape index (κ2) is 8.65. The fourth-order valence-corrected chi connectivity index (χ4v) is 1.96. The van der Waals surface area contributed by atoms with Crippen LogP contribution in [0.5, 0.6) is 17.2 Å². The maximum Gasteiger partial charge on any atom is 0.573 e. The lowest BCUT2D eigenvalue weighted by Crippen LogP contribution is -2.18. The van der Waals surface area contributed by atoms with Gasteiger partial charge in [0, 0.05) is 6.54 Å². The summed E-state index contributed by atoms with van der Waals surface area (Å²) in [6.07, 6.45) is -4.79. The predicted molar refractivity (Wildman–Crippen MR) is 86.9 cm³/mol. The lowest BCUT2D eigenvalue weighted by Gasteiger charge is -2.15. The van der Waals surface area contributed by atoms with E-state index < -0.39 is 12.1 Å². The van der Waals surface area contributed by atoms with Gasteiger partial charge >= 0.3 is 6.36 Å². The summed E-state index contributed by atoms with van der Waals surface area (Å²) in [5.41, 5.74) is 6.83. The summed E-state index contributed by atoms with van der Waals surface area (Å²) in [4.78, 5) is 0. The third kappa shape index (κ3) is 5.50. The standard InChI is InChI=1S/C16H16F3NO3.ClH/c1-21-13-5-2-11(3-6-13)12-4-7-14(23-16(17,18)19)15(10-12)22-9-8-20;/h2-7,10H,8-9,20H2,1H3;1H. The van der Waals surface area contributed by atoms with E-state index in [1.807, 2.05) is 0 Å². The highest BCUT2D eigenvalue weighted by atomic mass is 35.5. The molecular weight excluding hydrogens is 347 g/mol. The normalized spacial score (nSPS) is 10.7. The molecule has 2 rings (SSSR count). The Morgan fingerprint density at radius 3 is 2.12 bits per heavy atom. The Balaban J connectivity index is 0.00000288. The Bertz CT molecular complexity index is 648. The molecule has 0 atom stereocenters. The average molecular weight is 364 g/mol. The number of halogens is 4. The Hall–Kier alpha value is -2.12. The number of alkyl halides is 3. The Labute approximate surface area is 143 Å². The molecule has 4 nitrogen and oxygen atoms in total. The van der Waals surface area contributed by atoms with E-state index in [1.54, 1.807) is 31.4 Å². The van der Waals surface area contributed by atoms with Crippen LogP contribution in [-0.4, -0.2) is 26.6 Å². The third-order valence-electron chi connectivity index (χ3n) is 2.97. The zero-order valence-corrected chi connectivity index (χ0v) is 13.6. The minimum atomic E-state index is -4.79. The van der Waals surface area contributed by atoms with Gasteiger partial charge in [0.2, 0.25) is 0 Å². The van der Waals surface area contributed by atoms with Crippen molar-refractivity contribution in [3.63, 3.8) is 0 Å². The van der Waals surface area contributed by atoms with Gasteiger partial charge in [-0.25, -0.2) is 0 Å². The molecule has 2 N–H and O–H groups in total. The molecule has 2 aromatic carbocycles. The van der Waals surface area contributed by atoms with Crippen LogP contribution in [0.15, 0.2) is 42.5 Å². The SMILES string of the molecule is COc1ccc(-c2ccc(OC(F)(F)F)c(OCCN)c2)cc1.Cl. The van der Waals surface area contributed by atoms with Crippen molar-refractivity contribution in [2.75, 3.05) is 20.3 Å². The first kappa shape index (κ1) is 19.9. The molecule has 0 radical (unpaired) electrons. The largest absolute Gasteiger partial charge is 0.573 e. The van der Waals surface area contributed by atoms with Gasteiger partial charge in [-0.15, -0.1) is 25.6 Å². The molecule has 132 valence electrons. The molecule has 0 amide bonds. The third-order valence-corrected chi connectivity index (χ3v) is 2.97. The molecule has 0 aliphatic heterocycles. The smallest absolute Gasteiger partial charge is 0.497 e. The van der Waals surface area contributed by atoms with Gasteiger partial charge in [-0.3, -0.25) is 0 Å². The fraction of sp³-hybridized carbons (Fsp3) is 0.250. The molecule has 8 heteroatoms. The highest BCUT2D eigenvalue weighted by Crippen LogP contribution is 2.36. The van der Waals surface area contributed by atoms with E-state index >= 15 is 0 Å². The quantitative estimate of drug-likeness (QED) is 0.842. The molecular formula is C16H17ClF3NO3. The molecule has 0 heterocycles. The van der Waals surface area contributed by atoms with Crippen molar-refractivity contribution in [2.24, 2.45) is 5.73 Å². The monoisotopic (exact) mass is 363 g/mol. The van der Waals surface area contributed by atoms with Crippen molar-refractivity contribution in [3.05, 3.63) is 42.5 Å². The van der Waals surface area contributed by atoms with Gasteiger partial charge in [-0.2, -0.15) is 0 Å². The van der Waals surface area contributed by atoms with E-state index in [2.05, 4.69) is 4.74 Å². The number of methoxy groups -OCH3 is 1. The van der Waals surface area contributed by atoms with Crippen molar-refractivity contribution in [3.8, 4) is 28.4 Å². The highest BCUT2D eigenvalue weighted by molar-refractivity contribution is 5.85. The molecule has 0 unspecified atom stereocenters. The van der Waals surface area contributed by atoms with E-state index in [1.165, 1.54) is 18.2 Å². The van der Waals surface area contributed by atoms with Gasteiger partial charge in [0.05, 0.1) is 7.11 Å². The van der Waals surface area contributed by atoms with E-state index in [-0.39, 0.29) is 31.3 Å². The van der Waals surface area contributed by atoms with Crippen LogP contribution in [0.25, 0.3) is 11.1 Å². The number of hydrogen-bond acceptors (Lipinski definition) is 4. The maximum atomic E-state index is 12.4. The number of benzene rings is 2. The first-order valence-corrected chi connectivity index (χ1v) is 6.80. The number of rotatable bonds is 6. The van der Waals surface area contributed by atoms with Gasteiger partial charge in [0.15, 0.2) is 11.5 Å². The van der Waals surface area contributed by atoms with Crippen LogP contribution in [0.3, 0.4) is 0 Å². The fourth-order valence-electron chi connectivity index (χ4n) is 1.96. The van der Waals surface area contributed by atoms with Crippen molar-refractivity contribution < 1.29 is 27.4 Å². The summed E-state index contributed by atoms with van der Waals surface area (Å²) in [5, 5.41) is 0. The Kier molecular flexibility index (Phi) is 7.18.